The van der Waals surface area contributed by atoms with Crippen LogP contribution < -0.4 is 11.1 Å². The van der Waals surface area contributed by atoms with Crippen molar-refractivity contribution in [2.24, 2.45) is 5.73 Å². The third-order valence-electron chi connectivity index (χ3n) is 2.97. The topological polar surface area (TPSA) is 72.2 Å². The van der Waals surface area contributed by atoms with Gasteiger partial charge in [0.05, 0.1) is 0 Å². The predicted octanol–water partition coefficient (Wildman–Crippen LogP) is 2.33. The molecule has 1 amide bonds. The first-order valence-corrected chi connectivity index (χ1v) is 6.32. The zero-order valence-corrected chi connectivity index (χ0v) is 11.2. The first-order valence-electron chi connectivity index (χ1n) is 6.32. The van der Waals surface area contributed by atoms with Crippen LogP contribution in [0.2, 0.25) is 0 Å². The molecule has 2 aromatic carbocycles. The van der Waals surface area contributed by atoms with Gasteiger partial charge in [-0.2, -0.15) is 0 Å². The molecule has 0 fully saturated rings. The second kappa shape index (κ2) is 6.12. The van der Waals surface area contributed by atoms with Crippen molar-refractivity contribution in [1.82, 2.24) is 0 Å². The Morgan fingerprint density at radius 1 is 1.05 bits per heavy atom. The van der Waals surface area contributed by atoms with E-state index in [9.17, 15) is 9.59 Å². The Hall–Kier alpha value is -2.46. The second-order valence-corrected chi connectivity index (χ2v) is 4.41. The number of anilines is 1. The summed E-state index contributed by atoms with van der Waals surface area (Å²) in [7, 11) is 0. The number of nitrogens with one attached hydrogen (secondary N) is 1. The number of hydrogen-bond acceptors (Lipinski definition) is 3. The molecule has 20 heavy (non-hydrogen) atoms. The van der Waals surface area contributed by atoms with Crippen molar-refractivity contribution >= 4 is 17.4 Å². The SMILES string of the molecule is CC(=O)Nc1cccc(C(=O)c2ccccc2)c1CN. The zero-order chi connectivity index (χ0) is 14.5. The van der Waals surface area contributed by atoms with Crippen molar-refractivity contribution in [3.63, 3.8) is 0 Å². The van der Waals surface area contributed by atoms with Crippen molar-refractivity contribution in [2.45, 2.75) is 13.5 Å². The molecule has 0 aliphatic carbocycles. The van der Waals surface area contributed by atoms with Gasteiger partial charge >= 0.3 is 0 Å². The van der Waals surface area contributed by atoms with Gasteiger partial charge in [-0.1, -0.05) is 42.5 Å². The number of carbonyl (C=O) groups is 2. The average Bonchev–Trinajstić information content (AvgIpc) is 2.46. The molecule has 0 spiro atoms. The molecule has 102 valence electrons. The van der Waals surface area contributed by atoms with Crippen LogP contribution in [0, 0.1) is 0 Å². The van der Waals surface area contributed by atoms with E-state index >= 15 is 0 Å². The maximum Gasteiger partial charge on any atom is 0.221 e. The number of ketones is 1. The van der Waals surface area contributed by atoms with Gasteiger partial charge in [-0.05, 0) is 6.07 Å². The van der Waals surface area contributed by atoms with Gasteiger partial charge in [-0.15, -0.1) is 0 Å². The Kier molecular flexibility index (Phi) is 4.27. The molecule has 0 aliphatic rings. The molecule has 0 atom stereocenters. The van der Waals surface area contributed by atoms with Gasteiger partial charge in [-0.25, -0.2) is 0 Å². The summed E-state index contributed by atoms with van der Waals surface area (Å²) in [6.45, 7) is 1.61. The molecule has 0 aromatic heterocycles. The van der Waals surface area contributed by atoms with Crippen molar-refractivity contribution in [2.75, 3.05) is 5.32 Å². The van der Waals surface area contributed by atoms with E-state index in [0.29, 0.717) is 22.4 Å². The molecule has 3 N–H and O–H groups in total. The standard InChI is InChI=1S/C16H16N2O2/c1-11(19)18-15-9-5-8-13(14(15)10-17)16(20)12-6-3-2-4-7-12/h2-9H,10,17H2,1H3,(H,18,19). The lowest BCUT2D eigenvalue weighted by atomic mass is 9.97. The molecular formula is C16H16N2O2. The van der Waals surface area contributed by atoms with E-state index < -0.39 is 0 Å². The van der Waals surface area contributed by atoms with Gasteiger partial charge in [0.15, 0.2) is 5.78 Å². The number of carbonyl (C=O) groups excluding carboxylic acids is 2. The van der Waals surface area contributed by atoms with Crippen molar-refractivity contribution in [1.29, 1.82) is 0 Å². The summed E-state index contributed by atoms with van der Waals surface area (Å²) in [5.74, 6) is -0.290. The third kappa shape index (κ3) is 2.92. The van der Waals surface area contributed by atoms with Crippen LogP contribution in [0.5, 0.6) is 0 Å². The molecule has 0 saturated carbocycles. The fourth-order valence-electron chi connectivity index (χ4n) is 2.07. The number of hydrogen-bond donors (Lipinski definition) is 2. The number of benzene rings is 2. The number of rotatable bonds is 4. The lowest BCUT2D eigenvalue weighted by Crippen LogP contribution is -2.14. The molecule has 0 radical (unpaired) electrons. The lowest BCUT2D eigenvalue weighted by molar-refractivity contribution is -0.114. The van der Waals surface area contributed by atoms with Crippen LogP contribution in [0.15, 0.2) is 48.5 Å². The van der Waals surface area contributed by atoms with Crippen LogP contribution >= 0.6 is 0 Å². The molecule has 0 bridgehead atoms. The molecular weight excluding hydrogens is 252 g/mol. The van der Waals surface area contributed by atoms with E-state index in [0.717, 1.165) is 0 Å². The molecule has 4 nitrogen and oxygen atoms in total. The van der Waals surface area contributed by atoms with Crippen LogP contribution in [0.3, 0.4) is 0 Å². The van der Waals surface area contributed by atoms with Crippen molar-refractivity contribution in [3.05, 3.63) is 65.2 Å². The van der Waals surface area contributed by atoms with Gasteiger partial charge in [0.2, 0.25) is 5.91 Å². The summed E-state index contributed by atoms with van der Waals surface area (Å²) >= 11 is 0. The van der Waals surface area contributed by atoms with Gasteiger partial charge in [0.25, 0.3) is 0 Å². The molecule has 0 aliphatic heterocycles. The summed E-state index contributed by atoms with van der Waals surface area (Å²) in [4.78, 5) is 23.7. The highest BCUT2D eigenvalue weighted by Gasteiger charge is 2.15. The highest BCUT2D eigenvalue weighted by atomic mass is 16.1. The first-order chi connectivity index (χ1) is 9.63. The van der Waals surface area contributed by atoms with E-state index in [2.05, 4.69) is 5.32 Å². The Labute approximate surface area is 117 Å². The largest absolute Gasteiger partial charge is 0.326 e. The molecule has 0 heterocycles. The van der Waals surface area contributed by atoms with Crippen LogP contribution in [-0.2, 0) is 11.3 Å². The van der Waals surface area contributed by atoms with Crippen LogP contribution in [0.1, 0.15) is 28.4 Å². The summed E-state index contributed by atoms with van der Waals surface area (Å²) in [5.41, 5.74) is 8.09. The normalized spacial score (nSPS) is 10.1. The maximum atomic E-state index is 12.5. The average molecular weight is 268 g/mol. The Balaban J connectivity index is 2.46. The van der Waals surface area contributed by atoms with Crippen molar-refractivity contribution < 1.29 is 9.59 Å². The van der Waals surface area contributed by atoms with Gasteiger partial charge in [-0.3, -0.25) is 9.59 Å². The van der Waals surface area contributed by atoms with Crippen molar-refractivity contribution in [3.8, 4) is 0 Å². The van der Waals surface area contributed by atoms with E-state index in [4.69, 9.17) is 5.73 Å². The molecule has 2 aromatic rings. The Morgan fingerprint density at radius 3 is 2.35 bits per heavy atom. The van der Waals surface area contributed by atoms with E-state index in [1.807, 2.05) is 18.2 Å². The van der Waals surface area contributed by atoms with Crippen LogP contribution in [0.4, 0.5) is 5.69 Å². The van der Waals surface area contributed by atoms with Crippen LogP contribution in [-0.4, -0.2) is 11.7 Å². The zero-order valence-electron chi connectivity index (χ0n) is 11.2. The summed E-state index contributed by atoms with van der Waals surface area (Å²) < 4.78 is 0. The van der Waals surface area contributed by atoms with Gasteiger partial charge in [0.1, 0.15) is 0 Å². The fraction of sp³-hybridized carbons (Fsp3) is 0.125. The van der Waals surface area contributed by atoms with Gasteiger partial charge < -0.3 is 11.1 Å². The lowest BCUT2D eigenvalue weighted by Gasteiger charge is -2.13. The molecule has 4 heteroatoms. The third-order valence-corrected chi connectivity index (χ3v) is 2.97. The minimum absolute atomic E-state index is 0.0988. The van der Waals surface area contributed by atoms with Crippen LogP contribution in [0.25, 0.3) is 0 Å². The molecule has 0 saturated heterocycles. The minimum Gasteiger partial charge on any atom is -0.326 e. The maximum absolute atomic E-state index is 12.5. The Morgan fingerprint density at radius 2 is 1.75 bits per heavy atom. The summed E-state index contributed by atoms with van der Waals surface area (Å²) in [6.07, 6.45) is 0. The quantitative estimate of drug-likeness (QED) is 0.836. The smallest absolute Gasteiger partial charge is 0.221 e. The summed E-state index contributed by atoms with van der Waals surface area (Å²) in [6, 6.07) is 14.2. The first kappa shape index (κ1) is 14.0. The molecule has 0 unspecified atom stereocenters. The number of amides is 1. The van der Waals surface area contributed by atoms with Gasteiger partial charge in [0, 0.05) is 35.8 Å². The monoisotopic (exact) mass is 268 g/mol. The summed E-state index contributed by atoms with van der Waals surface area (Å²) in [5, 5.41) is 2.70. The predicted molar refractivity (Wildman–Crippen MR) is 78.5 cm³/mol. The second-order valence-electron chi connectivity index (χ2n) is 4.41. The molecule has 2 rings (SSSR count). The van der Waals surface area contributed by atoms with E-state index in [1.165, 1.54) is 6.92 Å². The highest BCUT2D eigenvalue weighted by molar-refractivity contribution is 6.11. The van der Waals surface area contributed by atoms with E-state index in [1.54, 1.807) is 30.3 Å². The fourth-order valence-corrected chi connectivity index (χ4v) is 2.07. The van der Waals surface area contributed by atoms with E-state index in [-0.39, 0.29) is 18.2 Å². The highest BCUT2D eigenvalue weighted by Crippen LogP contribution is 2.22. The Bertz CT molecular complexity index is 636. The number of nitrogens with two attached hydrogens (primary N) is 1. The minimum atomic E-state index is -0.191.